The lowest BCUT2D eigenvalue weighted by Crippen LogP contribution is -2.27. The van der Waals surface area contributed by atoms with Gasteiger partial charge in [-0.15, -0.1) is 0 Å². The quantitative estimate of drug-likeness (QED) is 0.880. The van der Waals surface area contributed by atoms with E-state index in [0.717, 1.165) is 29.7 Å². The van der Waals surface area contributed by atoms with Gasteiger partial charge in [-0.25, -0.2) is 4.98 Å². The number of hydrogen-bond acceptors (Lipinski definition) is 3. The molecule has 1 fully saturated rings. The normalized spacial score (nSPS) is 17.9. The molecule has 3 rings (SSSR count). The molecule has 1 atom stereocenters. The van der Waals surface area contributed by atoms with E-state index in [1.54, 1.807) is 0 Å². The minimum absolute atomic E-state index is 0.328. The summed E-state index contributed by atoms with van der Waals surface area (Å²) in [5.74, 6) is 1.36. The van der Waals surface area contributed by atoms with Crippen LogP contribution < -0.4 is 0 Å². The van der Waals surface area contributed by atoms with Crippen molar-refractivity contribution >= 4 is 11.0 Å². The maximum absolute atomic E-state index is 10.4. The van der Waals surface area contributed by atoms with Crippen molar-refractivity contribution in [2.24, 2.45) is 0 Å². The van der Waals surface area contributed by atoms with Crippen LogP contribution in [-0.2, 0) is 11.3 Å². The molecule has 23 heavy (non-hydrogen) atoms. The van der Waals surface area contributed by atoms with E-state index < -0.39 is 6.10 Å². The van der Waals surface area contributed by atoms with Crippen molar-refractivity contribution in [1.82, 2.24) is 9.55 Å². The number of aromatic nitrogens is 2. The van der Waals surface area contributed by atoms with Gasteiger partial charge in [0, 0.05) is 5.92 Å². The molecule has 1 N–H and O–H groups in total. The fourth-order valence-electron chi connectivity index (χ4n) is 3.47. The molecule has 1 aliphatic carbocycles. The molecule has 1 saturated carbocycles. The van der Waals surface area contributed by atoms with Gasteiger partial charge in [0.25, 0.3) is 0 Å². The number of para-hydroxylation sites is 2. The van der Waals surface area contributed by atoms with Crippen molar-refractivity contribution in [2.75, 3.05) is 6.61 Å². The molecule has 0 saturated heterocycles. The topological polar surface area (TPSA) is 47.3 Å². The highest BCUT2D eigenvalue weighted by Gasteiger charge is 2.19. The lowest BCUT2D eigenvalue weighted by Gasteiger charge is -2.24. The first kappa shape index (κ1) is 16.5. The number of rotatable bonds is 6. The van der Waals surface area contributed by atoms with Crippen LogP contribution in [0.4, 0.5) is 0 Å². The Labute approximate surface area is 138 Å². The van der Waals surface area contributed by atoms with E-state index in [-0.39, 0.29) is 0 Å². The highest BCUT2D eigenvalue weighted by molar-refractivity contribution is 5.76. The summed E-state index contributed by atoms with van der Waals surface area (Å²) in [5.41, 5.74) is 2.09. The summed E-state index contributed by atoms with van der Waals surface area (Å²) in [7, 11) is 0. The van der Waals surface area contributed by atoms with Crippen LogP contribution in [0.3, 0.4) is 0 Å². The molecule has 0 spiro atoms. The van der Waals surface area contributed by atoms with Crippen LogP contribution in [0.25, 0.3) is 11.0 Å². The molecule has 1 aliphatic rings. The number of aliphatic hydroxyl groups excluding tert-OH is 1. The Balaban J connectivity index is 1.68. The molecule has 1 aromatic heterocycles. The first-order chi connectivity index (χ1) is 11.1. The smallest absolute Gasteiger partial charge is 0.112 e. The van der Waals surface area contributed by atoms with E-state index in [2.05, 4.69) is 24.5 Å². The van der Waals surface area contributed by atoms with Gasteiger partial charge in [-0.05, 0) is 25.0 Å². The Morgan fingerprint density at radius 1 is 1.22 bits per heavy atom. The molecule has 0 bridgehead atoms. The van der Waals surface area contributed by atoms with E-state index in [0.29, 0.717) is 25.2 Å². The van der Waals surface area contributed by atoms with Crippen LogP contribution in [0.5, 0.6) is 0 Å². The Kier molecular flexibility index (Phi) is 5.34. The Hall–Kier alpha value is -1.39. The molecule has 126 valence electrons. The zero-order chi connectivity index (χ0) is 16.2. The van der Waals surface area contributed by atoms with E-state index in [4.69, 9.17) is 9.72 Å². The number of aliphatic hydroxyl groups is 1. The predicted molar refractivity (Wildman–Crippen MR) is 92.7 cm³/mol. The average molecular weight is 316 g/mol. The molecular weight excluding hydrogens is 288 g/mol. The number of benzene rings is 1. The van der Waals surface area contributed by atoms with Gasteiger partial charge in [0.1, 0.15) is 5.82 Å². The van der Waals surface area contributed by atoms with Gasteiger partial charge in [0.15, 0.2) is 0 Å². The van der Waals surface area contributed by atoms with E-state index >= 15 is 0 Å². The largest absolute Gasteiger partial charge is 0.389 e. The number of imidazole rings is 1. The van der Waals surface area contributed by atoms with Crippen molar-refractivity contribution in [2.45, 2.75) is 70.6 Å². The third-order valence-electron chi connectivity index (χ3n) is 4.67. The second-order valence-electron chi connectivity index (χ2n) is 6.97. The van der Waals surface area contributed by atoms with Crippen molar-refractivity contribution in [3.8, 4) is 0 Å². The predicted octanol–water partition coefficient (Wildman–Crippen LogP) is 3.87. The summed E-state index contributed by atoms with van der Waals surface area (Å²) in [6.07, 6.45) is 5.95. The Morgan fingerprint density at radius 2 is 1.96 bits per heavy atom. The molecule has 0 amide bonds. The SMILES string of the molecule is CC(C)c1nc2ccccc2n1C[C@@H](O)COC1CCCCC1. The van der Waals surface area contributed by atoms with Crippen molar-refractivity contribution in [3.05, 3.63) is 30.1 Å². The van der Waals surface area contributed by atoms with E-state index in [9.17, 15) is 5.11 Å². The van der Waals surface area contributed by atoms with E-state index in [1.165, 1.54) is 19.3 Å². The fraction of sp³-hybridized carbons (Fsp3) is 0.632. The maximum atomic E-state index is 10.4. The summed E-state index contributed by atoms with van der Waals surface area (Å²) in [6.45, 7) is 5.24. The minimum atomic E-state index is -0.493. The monoisotopic (exact) mass is 316 g/mol. The highest BCUT2D eigenvalue weighted by Crippen LogP contribution is 2.23. The molecule has 1 heterocycles. The maximum Gasteiger partial charge on any atom is 0.112 e. The van der Waals surface area contributed by atoms with Crippen LogP contribution in [0, 0.1) is 0 Å². The molecule has 4 nitrogen and oxygen atoms in total. The number of ether oxygens (including phenoxy) is 1. The van der Waals surface area contributed by atoms with Crippen LogP contribution in [0.2, 0.25) is 0 Å². The molecule has 4 heteroatoms. The number of nitrogens with zero attached hydrogens (tertiary/aromatic N) is 2. The van der Waals surface area contributed by atoms with Crippen LogP contribution in [0.15, 0.2) is 24.3 Å². The first-order valence-electron chi connectivity index (χ1n) is 8.90. The minimum Gasteiger partial charge on any atom is -0.389 e. The highest BCUT2D eigenvalue weighted by atomic mass is 16.5. The summed E-state index contributed by atoms with van der Waals surface area (Å²) >= 11 is 0. The van der Waals surface area contributed by atoms with Gasteiger partial charge in [-0.2, -0.15) is 0 Å². The van der Waals surface area contributed by atoms with Gasteiger partial charge >= 0.3 is 0 Å². The molecule has 0 aliphatic heterocycles. The molecule has 2 aromatic rings. The summed E-state index contributed by atoms with van der Waals surface area (Å²) in [5, 5.41) is 10.4. The van der Waals surface area contributed by atoms with Crippen molar-refractivity contribution in [1.29, 1.82) is 0 Å². The summed E-state index contributed by atoms with van der Waals surface area (Å²) in [6, 6.07) is 8.13. The van der Waals surface area contributed by atoms with Gasteiger partial charge in [0.05, 0.1) is 36.4 Å². The molecule has 0 radical (unpaired) electrons. The first-order valence-corrected chi connectivity index (χ1v) is 8.90. The second kappa shape index (κ2) is 7.45. The van der Waals surface area contributed by atoms with Gasteiger partial charge < -0.3 is 14.4 Å². The van der Waals surface area contributed by atoms with Gasteiger partial charge in [0.2, 0.25) is 0 Å². The van der Waals surface area contributed by atoms with Crippen molar-refractivity contribution < 1.29 is 9.84 Å². The third kappa shape index (κ3) is 3.93. The van der Waals surface area contributed by atoms with Gasteiger partial charge in [-0.3, -0.25) is 0 Å². The standard InChI is InChI=1S/C19H28N2O2/c1-14(2)19-20-17-10-6-7-11-18(17)21(19)12-15(22)13-23-16-8-4-3-5-9-16/h6-7,10-11,14-16,22H,3-5,8-9,12-13H2,1-2H3/t15-/m1/s1. The van der Waals surface area contributed by atoms with Crippen LogP contribution in [0.1, 0.15) is 57.7 Å². The van der Waals surface area contributed by atoms with Crippen molar-refractivity contribution in [3.63, 3.8) is 0 Å². The second-order valence-corrected chi connectivity index (χ2v) is 6.97. The Bertz CT molecular complexity index is 629. The lowest BCUT2D eigenvalue weighted by atomic mass is 9.98. The average Bonchev–Trinajstić information content (AvgIpc) is 2.93. The zero-order valence-electron chi connectivity index (χ0n) is 14.2. The zero-order valence-corrected chi connectivity index (χ0v) is 14.2. The molecule has 1 aromatic carbocycles. The van der Waals surface area contributed by atoms with Crippen LogP contribution >= 0.6 is 0 Å². The number of hydrogen-bond donors (Lipinski definition) is 1. The summed E-state index contributed by atoms with van der Waals surface area (Å²) in [4.78, 5) is 4.73. The van der Waals surface area contributed by atoms with Crippen LogP contribution in [-0.4, -0.2) is 33.5 Å². The van der Waals surface area contributed by atoms with E-state index in [1.807, 2.05) is 18.2 Å². The lowest BCUT2D eigenvalue weighted by molar-refractivity contribution is -0.0282. The molecule has 0 unspecified atom stereocenters. The third-order valence-corrected chi connectivity index (χ3v) is 4.67. The Morgan fingerprint density at radius 3 is 2.70 bits per heavy atom. The fourth-order valence-corrected chi connectivity index (χ4v) is 3.47. The van der Waals surface area contributed by atoms with Gasteiger partial charge in [-0.1, -0.05) is 45.2 Å². The summed E-state index contributed by atoms with van der Waals surface area (Å²) < 4.78 is 8.07. The number of fused-ring (bicyclic) bond motifs is 1. The molecular formula is C19H28N2O2.